The fourth-order valence-electron chi connectivity index (χ4n) is 2.76. The van der Waals surface area contributed by atoms with Gasteiger partial charge in [-0.05, 0) is 24.6 Å². The Bertz CT molecular complexity index is 1030. The molecule has 1 atom stereocenters. The maximum atomic E-state index is 12.7. The number of carbonyl (C=O) groups is 2. The van der Waals surface area contributed by atoms with E-state index in [1.807, 2.05) is 37.3 Å². The average Bonchev–Trinajstić information content (AvgIpc) is 3.17. The zero-order valence-electron chi connectivity index (χ0n) is 15.6. The molecule has 0 bridgehead atoms. The molecule has 0 saturated carbocycles. The van der Waals surface area contributed by atoms with E-state index in [1.54, 1.807) is 24.3 Å². The van der Waals surface area contributed by atoms with Gasteiger partial charge in [0.25, 0.3) is 5.91 Å². The maximum Gasteiger partial charge on any atom is 0.307 e. The predicted molar refractivity (Wildman–Crippen MR) is 106 cm³/mol. The van der Waals surface area contributed by atoms with E-state index in [2.05, 4.69) is 15.7 Å². The number of hydrogen-bond donors (Lipinski definition) is 2. The van der Waals surface area contributed by atoms with Gasteiger partial charge in [-0.1, -0.05) is 42.5 Å². The van der Waals surface area contributed by atoms with E-state index in [9.17, 15) is 19.7 Å². The van der Waals surface area contributed by atoms with Crippen molar-refractivity contribution in [3.05, 3.63) is 88.2 Å². The molecule has 148 valence electrons. The molecule has 1 heterocycles. The van der Waals surface area contributed by atoms with E-state index in [1.165, 1.54) is 6.20 Å². The van der Waals surface area contributed by atoms with Crippen molar-refractivity contribution < 1.29 is 14.5 Å². The van der Waals surface area contributed by atoms with Crippen molar-refractivity contribution in [1.29, 1.82) is 0 Å². The van der Waals surface area contributed by atoms with Crippen molar-refractivity contribution >= 4 is 23.2 Å². The number of rotatable bonds is 7. The third-order valence-corrected chi connectivity index (χ3v) is 4.23. The molecule has 3 rings (SSSR count). The van der Waals surface area contributed by atoms with Crippen LogP contribution in [0.15, 0.2) is 67.0 Å². The first-order valence-corrected chi connectivity index (χ1v) is 8.85. The van der Waals surface area contributed by atoms with Crippen LogP contribution in [0.5, 0.6) is 0 Å². The number of amides is 2. The monoisotopic (exact) mass is 393 g/mol. The standard InChI is InChI=1S/C20H19N5O4/c1-14(15-7-3-2-4-8-15)22-20(27)17-9-5-6-10-18(17)23-19(26)13-24-12-16(11-21-24)25(28)29/h2-12,14H,13H2,1H3,(H,22,27)(H,23,26)/t14-/m0/s1. The quantitative estimate of drug-likeness (QED) is 0.472. The van der Waals surface area contributed by atoms with Crippen molar-refractivity contribution in [1.82, 2.24) is 15.1 Å². The highest BCUT2D eigenvalue weighted by Gasteiger charge is 2.17. The molecule has 0 aliphatic heterocycles. The number of nitrogens with one attached hydrogen (secondary N) is 2. The van der Waals surface area contributed by atoms with Gasteiger partial charge < -0.3 is 10.6 Å². The summed E-state index contributed by atoms with van der Waals surface area (Å²) < 4.78 is 1.16. The summed E-state index contributed by atoms with van der Waals surface area (Å²) in [6.07, 6.45) is 2.24. The smallest absolute Gasteiger partial charge is 0.307 e. The van der Waals surface area contributed by atoms with E-state index in [0.29, 0.717) is 11.3 Å². The molecule has 9 nitrogen and oxygen atoms in total. The first kappa shape index (κ1) is 19.7. The highest BCUT2D eigenvalue weighted by Crippen LogP contribution is 2.18. The molecule has 0 saturated heterocycles. The van der Waals surface area contributed by atoms with Crippen LogP contribution >= 0.6 is 0 Å². The van der Waals surface area contributed by atoms with Gasteiger partial charge in [0.1, 0.15) is 18.9 Å². The number of nitrogens with zero attached hydrogens (tertiary/aromatic N) is 3. The molecular formula is C20H19N5O4. The second kappa shape index (κ2) is 8.79. The number of hydrogen-bond acceptors (Lipinski definition) is 5. The number of carbonyl (C=O) groups excluding carboxylic acids is 2. The Morgan fingerprint density at radius 3 is 2.52 bits per heavy atom. The van der Waals surface area contributed by atoms with E-state index < -0.39 is 10.8 Å². The van der Waals surface area contributed by atoms with E-state index in [0.717, 1.165) is 16.4 Å². The van der Waals surface area contributed by atoms with Crippen molar-refractivity contribution in [2.75, 3.05) is 5.32 Å². The Kier molecular flexibility index (Phi) is 5.98. The van der Waals surface area contributed by atoms with Crippen LogP contribution < -0.4 is 10.6 Å². The molecule has 0 radical (unpaired) electrons. The molecule has 0 aliphatic carbocycles. The van der Waals surface area contributed by atoms with Gasteiger partial charge in [-0.15, -0.1) is 0 Å². The second-order valence-electron chi connectivity index (χ2n) is 6.35. The van der Waals surface area contributed by atoms with Gasteiger partial charge in [0.2, 0.25) is 5.91 Å². The minimum atomic E-state index is -0.588. The highest BCUT2D eigenvalue weighted by molar-refractivity contribution is 6.03. The molecule has 9 heteroatoms. The van der Waals surface area contributed by atoms with Crippen molar-refractivity contribution in [2.24, 2.45) is 0 Å². The zero-order valence-corrected chi connectivity index (χ0v) is 15.6. The molecule has 0 unspecified atom stereocenters. The third kappa shape index (κ3) is 5.04. The average molecular weight is 393 g/mol. The molecule has 0 fully saturated rings. The summed E-state index contributed by atoms with van der Waals surface area (Å²) in [4.78, 5) is 35.1. The summed E-state index contributed by atoms with van der Waals surface area (Å²) in [7, 11) is 0. The van der Waals surface area contributed by atoms with Crippen LogP contribution in [0.25, 0.3) is 0 Å². The second-order valence-corrected chi connectivity index (χ2v) is 6.35. The Labute approximate surface area is 166 Å². The molecular weight excluding hydrogens is 374 g/mol. The lowest BCUT2D eigenvalue weighted by atomic mass is 10.1. The summed E-state index contributed by atoms with van der Waals surface area (Å²) in [5, 5.41) is 20.1. The normalized spacial score (nSPS) is 11.5. The first-order valence-electron chi connectivity index (χ1n) is 8.85. The predicted octanol–water partition coefficient (Wildman–Crippen LogP) is 2.92. The molecule has 0 spiro atoms. The van der Waals surface area contributed by atoms with Crippen LogP contribution in [0.4, 0.5) is 11.4 Å². The minimum Gasteiger partial charge on any atom is -0.345 e. The van der Waals surface area contributed by atoms with Gasteiger partial charge in [0, 0.05) is 0 Å². The highest BCUT2D eigenvalue weighted by atomic mass is 16.6. The Hall–Kier alpha value is -4.01. The third-order valence-electron chi connectivity index (χ3n) is 4.23. The lowest BCUT2D eigenvalue weighted by Gasteiger charge is -2.16. The SMILES string of the molecule is C[C@H](NC(=O)c1ccccc1NC(=O)Cn1cc([N+](=O)[O-])cn1)c1ccccc1. The van der Waals surface area contributed by atoms with E-state index in [-0.39, 0.29) is 24.2 Å². The number of aromatic nitrogens is 2. The van der Waals surface area contributed by atoms with Gasteiger partial charge in [-0.25, -0.2) is 0 Å². The maximum absolute atomic E-state index is 12.7. The molecule has 2 amide bonds. The van der Waals surface area contributed by atoms with Crippen LogP contribution in [0.2, 0.25) is 0 Å². The van der Waals surface area contributed by atoms with Crippen LogP contribution in [-0.2, 0) is 11.3 Å². The summed E-state index contributed by atoms with van der Waals surface area (Å²) in [5.41, 5.74) is 1.42. The molecule has 2 aromatic carbocycles. The summed E-state index contributed by atoms with van der Waals surface area (Å²) >= 11 is 0. The van der Waals surface area contributed by atoms with Crippen LogP contribution in [0.1, 0.15) is 28.9 Å². The number of benzene rings is 2. The lowest BCUT2D eigenvalue weighted by Crippen LogP contribution is -2.28. The number of para-hydroxylation sites is 1. The minimum absolute atomic E-state index is 0.201. The van der Waals surface area contributed by atoms with Crippen LogP contribution in [0, 0.1) is 10.1 Å². The number of nitro groups is 1. The summed E-state index contributed by atoms with van der Waals surface area (Å²) in [5.74, 6) is -0.786. The largest absolute Gasteiger partial charge is 0.345 e. The fraction of sp³-hybridized carbons (Fsp3) is 0.150. The fourth-order valence-corrected chi connectivity index (χ4v) is 2.76. The Morgan fingerprint density at radius 1 is 1.14 bits per heavy atom. The van der Waals surface area contributed by atoms with Crippen molar-refractivity contribution in [3.8, 4) is 0 Å². The molecule has 0 aliphatic rings. The molecule has 2 N–H and O–H groups in total. The molecule has 3 aromatic rings. The van der Waals surface area contributed by atoms with Crippen molar-refractivity contribution in [3.63, 3.8) is 0 Å². The molecule has 29 heavy (non-hydrogen) atoms. The summed E-state index contributed by atoms with van der Waals surface area (Å²) in [6.45, 7) is 1.66. The van der Waals surface area contributed by atoms with E-state index >= 15 is 0 Å². The van der Waals surface area contributed by atoms with E-state index in [4.69, 9.17) is 0 Å². The van der Waals surface area contributed by atoms with Gasteiger partial charge in [0.15, 0.2) is 0 Å². The molecule has 1 aromatic heterocycles. The van der Waals surface area contributed by atoms with Crippen LogP contribution in [-0.4, -0.2) is 26.5 Å². The summed E-state index contributed by atoms with van der Waals surface area (Å²) in [6, 6.07) is 15.9. The topological polar surface area (TPSA) is 119 Å². The first-order chi connectivity index (χ1) is 13.9. The van der Waals surface area contributed by atoms with Crippen molar-refractivity contribution in [2.45, 2.75) is 19.5 Å². The van der Waals surface area contributed by atoms with Gasteiger partial charge in [-0.2, -0.15) is 5.10 Å². The van der Waals surface area contributed by atoms with Gasteiger partial charge in [-0.3, -0.25) is 24.4 Å². The van der Waals surface area contributed by atoms with Gasteiger partial charge in [0.05, 0.1) is 22.2 Å². The Morgan fingerprint density at radius 2 is 1.83 bits per heavy atom. The Balaban J connectivity index is 1.68. The van der Waals surface area contributed by atoms with Crippen LogP contribution in [0.3, 0.4) is 0 Å². The number of anilines is 1. The lowest BCUT2D eigenvalue weighted by molar-refractivity contribution is -0.385. The van der Waals surface area contributed by atoms with Gasteiger partial charge >= 0.3 is 5.69 Å². The zero-order chi connectivity index (χ0) is 20.8.